The molecule has 6 nitrogen and oxygen atoms in total. The number of nitrogens with one attached hydrogen (secondary N) is 1. The molecule has 3 heterocycles. The van der Waals surface area contributed by atoms with Gasteiger partial charge in [0.05, 0.1) is 6.54 Å². The molecule has 6 heteroatoms. The lowest BCUT2D eigenvalue weighted by molar-refractivity contribution is 0.0946. The lowest BCUT2D eigenvalue weighted by Gasteiger charge is -2.17. The molecule has 132 valence electrons. The lowest BCUT2D eigenvalue weighted by Crippen LogP contribution is -2.26. The van der Waals surface area contributed by atoms with Crippen molar-refractivity contribution in [3.8, 4) is 0 Å². The van der Waals surface area contributed by atoms with Crippen LogP contribution in [0.2, 0.25) is 0 Å². The van der Waals surface area contributed by atoms with Gasteiger partial charge in [0, 0.05) is 36.4 Å². The Bertz CT molecular complexity index is 945. The van der Waals surface area contributed by atoms with Crippen LogP contribution >= 0.6 is 0 Å². The van der Waals surface area contributed by atoms with Gasteiger partial charge in [-0.05, 0) is 31.2 Å². The molecule has 0 aliphatic carbocycles. The number of nitrogens with zero attached hydrogens (tertiary/aromatic N) is 4. The van der Waals surface area contributed by atoms with Gasteiger partial charge >= 0.3 is 0 Å². The minimum Gasteiger partial charge on any atom is -0.357 e. The molecular weight excluding hydrogens is 326 g/mol. The second kappa shape index (κ2) is 7.07. The molecular formula is C20H21N5O. The number of amides is 1. The second-order valence-electron chi connectivity index (χ2n) is 6.54. The number of rotatable bonds is 4. The van der Waals surface area contributed by atoms with Gasteiger partial charge in [-0.3, -0.25) is 9.78 Å². The first-order valence-corrected chi connectivity index (χ1v) is 8.92. The van der Waals surface area contributed by atoms with E-state index in [9.17, 15) is 4.79 Å². The smallest absolute Gasteiger partial charge is 0.270 e. The summed E-state index contributed by atoms with van der Waals surface area (Å²) >= 11 is 0. The van der Waals surface area contributed by atoms with E-state index < -0.39 is 0 Å². The molecule has 1 aliphatic rings. The maximum atomic E-state index is 12.6. The van der Waals surface area contributed by atoms with E-state index in [1.54, 1.807) is 6.20 Å². The Morgan fingerprint density at radius 1 is 1.15 bits per heavy atom. The van der Waals surface area contributed by atoms with Gasteiger partial charge in [0.15, 0.2) is 0 Å². The van der Waals surface area contributed by atoms with Gasteiger partial charge in [0.25, 0.3) is 5.91 Å². The number of pyridine rings is 1. The van der Waals surface area contributed by atoms with Crippen molar-refractivity contribution in [3.05, 3.63) is 59.8 Å². The third-order valence-corrected chi connectivity index (χ3v) is 4.61. The van der Waals surface area contributed by atoms with Gasteiger partial charge in [-0.25, -0.2) is 9.97 Å². The van der Waals surface area contributed by atoms with E-state index in [0.29, 0.717) is 11.5 Å². The van der Waals surface area contributed by atoms with E-state index in [2.05, 4.69) is 25.2 Å². The summed E-state index contributed by atoms with van der Waals surface area (Å²) in [6, 6.07) is 11.6. The van der Waals surface area contributed by atoms with Crippen molar-refractivity contribution >= 4 is 22.5 Å². The first-order valence-electron chi connectivity index (χ1n) is 8.92. The summed E-state index contributed by atoms with van der Waals surface area (Å²) in [5.41, 5.74) is 1.34. The zero-order valence-electron chi connectivity index (χ0n) is 14.8. The number of aryl methyl sites for hydroxylation is 1. The Morgan fingerprint density at radius 3 is 2.81 bits per heavy atom. The average molecular weight is 347 g/mol. The Morgan fingerprint density at radius 2 is 1.96 bits per heavy atom. The van der Waals surface area contributed by atoms with Crippen molar-refractivity contribution in [2.75, 3.05) is 18.0 Å². The van der Waals surface area contributed by atoms with Crippen LogP contribution in [0.25, 0.3) is 10.8 Å². The molecule has 1 fully saturated rings. The van der Waals surface area contributed by atoms with Crippen molar-refractivity contribution in [1.29, 1.82) is 0 Å². The number of hydrogen-bond acceptors (Lipinski definition) is 5. The summed E-state index contributed by atoms with van der Waals surface area (Å²) < 4.78 is 0. The van der Waals surface area contributed by atoms with Crippen molar-refractivity contribution < 1.29 is 4.79 Å². The van der Waals surface area contributed by atoms with E-state index in [-0.39, 0.29) is 12.5 Å². The minimum absolute atomic E-state index is 0.213. The van der Waals surface area contributed by atoms with Crippen LogP contribution in [0.3, 0.4) is 0 Å². The fraction of sp³-hybridized carbons (Fsp3) is 0.300. The van der Waals surface area contributed by atoms with Crippen molar-refractivity contribution in [3.63, 3.8) is 0 Å². The van der Waals surface area contributed by atoms with Gasteiger partial charge in [-0.15, -0.1) is 0 Å². The highest BCUT2D eigenvalue weighted by molar-refractivity contribution is 6.05. The third-order valence-electron chi connectivity index (χ3n) is 4.61. The SMILES string of the molecule is Cc1cc(N2CCCC2)nc(CNC(=O)c2nccc3ccccc23)n1. The second-order valence-corrected chi connectivity index (χ2v) is 6.54. The van der Waals surface area contributed by atoms with Crippen LogP contribution in [0.15, 0.2) is 42.6 Å². The zero-order valence-corrected chi connectivity index (χ0v) is 14.8. The predicted octanol–water partition coefficient (Wildman–Crippen LogP) is 2.86. The van der Waals surface area contributed by atoms with Gasteiger partial charge < -0.3 is 10.2 Å². The molecule has 0 spiro atoms. The topological polar surface area (TPSA) is 71.0 Å². The fourth-order valence-corrected chi connectivity index (χ4v) is 3.34. The third kappa shape index (κ3) is 3.35. The van der Waals surface area contributed by atoms with Crippen molar-refractivity contribution in [1.82, 2.24) is 20.3 Å². The Labute approximate surface area is 152 Å². The quantitative estimate of drug-likeness (QED) is 0.786. The van der Waals surface area contributed by atoms with Crippen LogP contribution in [0.1, 0.15) is 34.8 Å². The van der Waals surface area contributed by atoms with Crippen molar-refractivity contribution in [2.24, 2.45) is 0 Å². The van der Waals surface area contributed by atoms with E-state index >= 15 is 0 Å². The molecule has 1 saturated heterocycles. The highest BCUT2D eigenvalue weighted by Gasteiger charge is 2.16. The highest BCUT2D eigenvalue weighted by atomic mass is 16.1. The minimum atomic E-state index is -0.213. The van der Waals surface area contributed by atoms with E-state index in [1.807, 2.05) is 43.3 Å². The Hall–Kier alpha value is -3.02. The standard InChI is InChI=1S/C20H21N5O/c1-14-12-18(25-10-4-5-11-25)24-17(23-14)13-22-20(26)19-16-7-3-2-6-15(16)8-9-21-19/h2-3,6-9,12H,4-5,10-11,13H2,1H3,(H,22,26). The van der Waals surface area contributed by atoms with Crippen LogP contribution in [0, 0.1) is 6.92 Å². The van der Waals surface area contributed by atoms with Crippen LogP contribution in [-0.2, 0) is 6.54 Å². The van der Waals surface area contributed by atoms with Gasteiger partial charge in [0.1, 0.15) is 17.3 Å². The number of carbonyl (C=O) groups is 1. The van der Waals surface area contributed by atoms with E-state index in [0.717, 1.165) is 35.4 Å². The number of hydrogen-bond donors (Lipinski definition) is 1. The number of fused-ring (bicyclic) bond motifs is 1. The molecule has 0 bridgehead atoms. The normalized spacial score (nSPS) is 14.0. The summed E-state index contributed by atoms with van der Waals surface area (Å²) in [5.74, 6) is 1.36. The van der Waals surface area contributed by atoms with E-state index in [4.69, 9.17) is 0 Å². The molecule has 2 aromatic heterocycles. The highest BCUT2D eigenvalue weighted by Crippen LogP contribution is 2.19. The molecule has 26 heavy (non-hydrogen) atoms. The average Bonchev–Trinajstić information content (AvgIpc) is 3.20. The summed E-state index contributed by atoms with van der Waals surface area (Å²) in [7, 11) is 0. The Kier molecular flexibility index (Phi) is 4.48. The van der Waals surface area contributed by atoms with Crippen LogP contribution in [0.5, 0.6) is 0 Å². The molecule has 1 aromatic carbocycles. The van der Waals surface area contributed by atoms with Gasteiger partial charge in [-0.2, -0.15) is 0 Å². The molecule has 0 saturated carbocycles. The maximum Gasteiger partial charge on any atom is 0.270 e. The molecule has 3 aromatic rings. The van der Waals surface area contributed by atoms with Crippen LogP contribution in [-0.4, -0.2) is 33.9 Å². The molecule has 4 rings (SSSR count). The molecule has 0 radical (unpaired) electrons. The fourth-order valence-electron chi connectivity index (χ4n) is 3.34. The summed E-state index contributed by atoms with van der Waals surface area (Å²) in [6.45, 7) is 4.30. The maximum absolute atomic E-state index is 12.6. The Balaban J connectivity index is 1.52. The molecule has 1 N–H and O–H groups in total. The first kappa shape index (κ1) is 16.4. The molecule has 1 aliphatic heterocycles. The monoisotopic (exact) mass is 347 g/mol. The number of anilines is 1. The van der Waals surface area contributed by atoms with Gasteiger partial charge in [0.2, 0.25) is 0 Å². The lowest BCUT2D eigenvalue weighted by atomic mass is 10.1. The number of carbonyl (C=O) groups excluding carboxylic acids is 1. The van der Waals surface area contributed by atoms with E-state index in [1.165, 1.54) is 12.8 Å². The molecule has 0 unspecified atom stereocenters. The largest absolute Gasteiger partial charge is 0.357 e. The summed E-state index contributed by atoms with van der Waals surface area (Å²) in [5, 5.41) is 4.75. The number of benzene rings is 1. The van der Waals surface area contributed by atoms with Crippen LogP contribution < -0.4 is 10.2 Å². The number of aromatic nitrogens is 3. The molecule has 1 amide bonds. The zero-order chi connectivity index (χ0) is 17.9. The summed E-state index contributed by atoms with van der Waals surface area (Å²) in [6.07, 6.45) is 4.05. The molecule has 0 atom stereocenters. The first-order chi connectivity index (χ1) is 12.7. The van der Waals surface area contributed by atoms with Gasteiger partial charge in [-0.1, -0.05) is 24.3 Å². The van der Waals surface area contributed by atoms with Crippen molar-refractivity contribution in [2.45, 2.75) is 26.3 Å². The van der Waals surface area contributed by atoms with Crippen LogP contribution in [0.4, 0.5) is 5.82 Å². The predicted molar refractivity (Wildman–Crippen MR) is 101 cm³/mol. The summed E-state index contributed by atoms with van der Waals surface area (Å²) in [4.78, 5) is 28.2.